The number of fused-ring (bicyclic) bond motifs is 1. The van der Waals surface area contributed by atoms with Crippen LogP contribution >= 0.6 is 12.2 Å². The molecule has 6 nitrogen and oxygen atoms in total. The predicted octanol–water partition coefficient (Wildman–Crippen LogP) is 1.60. The van der Waals surface area contributed by atoms with Gasteiger partial charge in [-0.05, 0) is 25.2 Å². The maximum absolute atomic E-state index is 12.0. The van der Waals surface area contributed by atoms with Gasteiger partial charge in [-0.1, -0.05) is 19.1 Å². The van der Waals surface area contributed by atoms with Crippen LogP contribution in [0, 0.1) is 10.6 Å². The molecule has 2 saturated carbocycles. The summed E-state index contributed by atoms with van der Waals surface area (Å²) >= 11 is 5.26. The van der Waals surface area contributed by atoms with Gasteiger partial charge in [0.1, 0.15) is 21.5 Å². The van der Waals surface area contributed by atoms with Gasteiger partial charge in [0.2, 0.25) is 0 Å². The number of rotatable bonds is 2. The fourth-order valence-electron chi connectivity index (χ4n) is 2.74. The van der Waals surface area contributed by atoms with Crippen molar-refractivity contribution in [1.82, 2.24) is 19.5 Å². The largest absolute Gasteiger partial charge is 0.330 e. The molecule has 2 atom stereocenters. The van der Waals surface area contributed by atoms with E-state index in [4.69, 9.17) is 12.2 Å². The van der Waals surface area contributed by atoms with Crippen LogP contribution in [0.2, 0.25) is 0 Å². The molecular weight excluding hydrogens is 276 g/mol. The molecule has 20 heavy (non-hydrogen) atoms. The lowest BCUT2D eigenvalue weighted by Crippen LogP contribution is -2.31. The van der Waals surface area contributed by atoms with E-state index in [-0.39, 0.29) is 16.4 Å². The van der Waals surface area contributed by atoms with Crippen molar-refractivity contribution in [3.63, 3.8) is 0 Å². The van der Waals surface area contributed by atoms with E-state index < -0.39 is 5.56 Å². The molecule has 0 aliphatic heterocycles. The first kappa shape index (κ1) is 12.0. The molecule has 4 rings (SSSR count). The molecule has 0 amide bonds. The number of hydrogen-bond acceptors (Lipinski definition) is 4. The number of nitrogens with zero attached hydrogens (tertiary/aromatic N) is 2. The fraction of sp³-hybridized carbons (Fsp3) is 0.538. The Bertz CT molecular complexity index is 890. The summed E-state index contributed by atoms with van der Waals surface area (Å²) in [4.78, 5) is 33.9. The second-order valence-electron chi connectivity index (χ2n) is 5.83. The third-order valence-corrected chi connectivity index (χ3v) is 4.49. The van der Waals surface area contributed by atoms with Gasteiger partial charge in [0, 0.05) is 12.0 Å². The van der Waals surface area contributed by atoms with Crippen LogP contribution in [0.1, 0.15) is 44.0 Å². The normalized spacial score (nSPS) is 25.1. The lowest BCUT2D eigenvalue weighted by molar-refractivity contribution is 0.692. The van der Waals surface area contributed by atoms with Crippen LogP contribution in [0.15, 0.2) is 9.59 Å². The van der Waals surface area contributed by atoms with Gasteiger partial charge in [0.05, 0.1) is 0 Å². The Morgan fingerprint density at radius 1 is 1.30 bits per heavy atom. The maximum atomic E-state index is 12.0. The van der Waals surface area contributed by atoms with Crippen LogP contribution in [-0.4, -0.2) is 19.5 Å². The first-order chi connectivity index (χ1) is 9.56. The summed E-state index contributed by atoms with van der Waals surface area (Å²) in [6.45, 7) is 2.15. The van der Waals surface area contributed by atoms with Crippen LogP contribution < -0.4 is 11.2 Å². The zero-order valence-corrected chi connectivity index (χ0v) is 11.8. The Morgan fingerprint density at radius 2 is 2.00 bits per heavy atom. The summed E-state index contributed by atoms with van der Waals surface area (Å²) < 4.78 is 1.91. The third-order valence-electron chi connectivity index (χ3n) is 4.20. The van der Waals surface area contributed by atoms with Gasteiger partial charge < -0.3 is 4.98 Å². The highest BCUT2D eigenvalue weighted by atomic mass is 32.1. The highest BCUT2D eigenvalue weighted by Gasteiger charge is 2.37. The van der Waals surface area contributed by atoms with Crippen LogP contribution in [0.4, 0.5) is 0 Å². The van der Waals surface area contributed by atoms with Crippen molar-refractivity contribution in [3.05, 3.63) is 31.3 Å². The smallest absolute Gasteiger partial charge is 0.329 e. The summed E-state index contributed by atoms with van der Waals surface area (Å²) in [6.07, 6.45) is 2.99. The van der Waals surface area contributed by atoms with Gasteiger partial charge in [0.25, 0.3) is 5.56 Å². The molecule has 2 aliphatic carbocycles. The Kier molecular flexibility index (Phi) is 2.33. The molecule has 2 aromatic rings. The average Bonchev–Trinajstić information content (AvgIpc) is 3.25. The number of hydrogen-bond donors (Lipinski definition) is 2. The van der Waals surface area contributed by atoms with Crippen molar-refractivity contribution < 1.29 is 0 Å². The monoisotopic (exact) mass is 290 g/mol. The molecule has 2 unspecified atom stereocenters. The molecule has 0 radical (unpaired) electrons. The minimum atomic E-state index is -0.453. The van der Waals surface area contributed by atoms with E-state index >= 15 is 0 Å². The molecule has 0 saturated heterocycles. The molecule has 104 valence electrons. The molecule has 2 fully saturated rings. The van der Waals surface area contributed by atoms with Crippen LogP contribution in [0.25, 0.3) is 11.0 Å². The van der Waals surface area contributed by atoms with Crippen molar-refractivity contribution in [3.8, 4) is 0 Å². The first-order valence-electron chi connectivity index (χ1n) is 6.85. The van der Waals surface area contributed by atoms with E-state index in [1.807, 2.05) is 0 Å². The highest BCUT2D eigenvalue weighted by molar-refractivity contribution is 7.71. The van der Waals surface area contributed by atoms with Crippen molar-refractivity contribution in [2.45, 2.75) is 38.1 Å². The van der Waals surface area contributed by atoms with Gasteiger partial charge in [-0.15, -0.1) is 0 Å². The molecular formula is C13H14N4O2S. The third kappa shape index (κ3) is 1.69. The molecule has 0 bridgehead atoms. The molecule has 0 spiro atoms. The van der Waals surface area contributed by atoms with Gasteiger partial charge in [-0.2, -0.15) is 0 Å². The van der Waals surface area contributed by atoms with Crippen LogP contribution in [-0.2, 0) is 0 Å². The zero-order chi connectivity index (χ0) is 14.0. The van der Waals surface area contributed by atoms with Crippen molar-refractivity contribution in [2.24, 2.45) is 5.92 Å². The van der Waals surface area contributed by atoms with E-state index in [9.17, 15) is 9.59 Å². The Labute approximate surface area is 118 Å². The van der Waals surface area contributed by atoms with Gasteiger partial charge in [-0.25, -0.2) is 9.78 Å². The van der Waals surface area contributed by atoms with E-state index in [1.165, 1.54) is 0 Å². The highest BCUT2D eigenvalue weighted by Crippen LogP contribution is 2.45. The maximum Gasteiger partial charge on any atom is 0.330 e. The van der Waals surface area contributed by atoms with Gasteiger partial charge in [-0.3, -0.25) is 14.3 Å². The second-order valence-corrected chi connectivity index (χ2v) is 6.22. The van der Waals surface area contributed by atoms with E-state index in [2.05, 4.69) is 21.9 Å². The van der Waals surface area contributed by atoms with Crippen LogP contribution in [0.3, 0.4) is 0 Å². The van der Waals surface area contributed by atoms with Gasteiger partial charge in [0.15, 0.2) is 0 Å². The zero-order valence-electron chi connectivity index (χ0n) is 11.0. The summed E-state index contributed by atoms with van der Waals surface area (Å²) in [5.74, 6) is 1.74. The summed E-state index contributed by atoms with van der Waals surface area (Å²) in [6, 6.07) is 0.166. The average molecular weight is 290 g/mol. The summed E-state index contributed by atoms with van der Waals surface area (Å²) in [7, 11) is 0. The summed E-state index contributed by atoms with van der Waals surface area (Å²) in [5, 5.41) is 0.323. The van der Waals surface area contributed by atoms with Gasteiger partial charge >= 0.3 is 5.69 Å². The molecule has 7 heteroatoms. The minimum absolute atomic E-state index is 0.166. The number of aromatic nitrogens is 4. The lowest BCUT2D eigenvalue weighted by atomic mass is 10.3. The molecule has 0 aromatic carbocycles. The van der Waals surface area contributed by atoms with E-state index in [1.54, 1.807) is 4.57 Å². The molecule has 2 N–H and O–H groups in total. The Balaban J connectivity index is 2.10. The number of aromatic amines is 2. The van der Waals surface area contributed by atoms with E-state index in [0.29, 0.717) is 22.9 Å². The lowest BCUT2D eigenvalue weighted by Gasteiger charge is -2.09. The topological polar surface area (TPSA) is 83.5 Å². The molecule has 2 aromatic heterocycles. The van der Waals surface area contributed by atoms with Crippen molar-refractivity contribution >= 4 is 23.3 Å². The Hall–Kier alpha value is -1.76. The van der Waals surface area contributed by atoms with Crippen LogP contribution in [0.5, 0.6) is 0 Å². The van der Waals surface area contributed by atoms with Crippen molar-refractivity contribution in [2.75, 3.05) is 0 Å². The summed E-state index contributed by atoms with van der Waals surface area (Å²) in [5.41, 5.74) is -0.280. The minimum Gasteiger partial charge on any atom is -0.329 e. The Morgan fingerprint density at radius 3 is 2.60 bits per heavy atom. The second kappa shape index (κ2) is 3.88. The molecule has 2 heterocycles. The molecule has 2 aliphatic rings. The number of H-pyrrole nitrogens is 2. The first-order valence-corrected chi connectivity index (χ1v) is 7.26. The SMILES string of the molecule is CC1CC1c1nc(=S)c2c(=O)[nH]c(=O)n(C3CC3)c2[nH]1. The number of nitrogens with one attached hydrogen (secondary N) is 2. The quantitative estimate of drug-likeness (QED) is 0.823. The van der Waals surface area contributed by atoms with E-state index in [0.717, 1.165) is 25.1 Å². The predicted molar refractivity (Wildman–Crippen MR) is 76.6 cm³/mol. The fourth-order valence-corrected chi connectivity index (χ4v) is 3.03. The standard InChI is InChI=1S/C13H14N4O2S/c1-5-4-7(5)9-14-10-8(12(20)15-9)11(18)16-13(19)17(10)6-2-3-6/h5-7H,2-4H2,1H3,(H,14,15,20)(H,16,18,19). The van der Waals surface area contributed by atoms with Crippen molar-refractivity contribution in [1.29, 1.82) is 0 Å².